The zero-order chi connectivity index (χ0) is 17.8. The van der Waals surface area contributed by atoms with Crippen LogP contribution in [0.4, 0.5) is 16.2 Å². The van der Waals surface area contributed by atoms with Crippen LogP contribution in [0.15, 0.2) is 48.5 Å². The van der Waals surface area contributed by atoms with Gasteiger partial charge in [0.1, 0.15) is 5.75 Å². The van der Waals surface area contributed by atoms with Gasteiger partial charge in [-0.1, -0.05) is 17.7 Å². The van der Waals surface area contributed by atoms with Crippen LogP contribution in [-0.2, 0) is 4.79 Å². The maximum atomic E-state index is 12.2. The molecule has 7 heteroatoms. The highest BCUT2D eigenvalue weighted by atomic mass is 35.5. The molecule has 0 aromatic heterocycles. The van der Waals surface area contributed by atoms with Crippen LogP contribution in [0.2, 0.25) is 5.02 Å². The highest BCUT2D eigenvalue weighted by Crippen LogP contribution is 2.24. The monoisotopic (exact) mass is 359 g/mol. The lowest BCUT2D eigenvalue weighted by Gasteiger charge is -2.17. The maximum absolute atomic E-state index is 12.2. The number of methoxy groups -OCH3 is 1. The van der Waals surface area contributed by atoms with E-state index in [1.807, 2.05) is 12.1 Å². The summed E-state index contributed by atoms with van der Waals surface area (Å²) in [6.45, 7) is 0.425. The Bertz CT molecular complexity index is 779. The fourth-order valence-corrected chi connectivity index (χ4v) is 2.93. The Morgan fingerprint density at radius 3 is 2.68 bits per heavy atom. The van der Waals surface area contributed by atoms with Gasteiger partial charge in [0.15, 0.2) is 0 Å². The molecule has 0 aliphatic carbocycles. The minimum atomic E-state index is -0.364. The van der Waals surface area contributed by atoms with Gasteiger partial charge in [-0.2, -0.15) is 0 Å². The van der Waals surface area contributed by atoms with Crippen molar-refractivity contribution in [2.75, 3.05) is 23.9 Å². The first-order valence-electron chi connectivity index (χ1n) is 7.82. The molecule has 1 aliphatic rings. The molecule has 1 unspecified atom stereocenters. The zero-order valence-corrected chi connectivity index (χ0v) is 14.4. The molecule has 0 radical (unpaired) electrons. The molecule has 1 atom stereocenters. The third kappa shape index (κ3) is 4.22. The molecule has 1 saturated heterocycles. The van der Waals surface area contributed by atoms with Crippen LogP contribution in [0, 0.1) is 0 Å². The SMILES string of the molecule is COc1ccc(N2CC(NC(=O)Nc3cccc(Cl)c3)CC2=O)cc1. The first kappa shape index (κ1) is 17.1. The number of carbonyl (C=O) groups excluding carboxylic acids is 2. The number of urea groups is 1. The molecular weight excluding hydrogens is 342 g/mol. The average Bonchev–Trinajstić information content (AvgIpc) is 2.95. The molecule has 1 heterocycles. The number of hydrogen-bond donors (Lipinski definition) is 2. The van der Waals surface area contributed by atoms with Gasteiger partial charge in [-0.25, -0.2) is 4.79 Å². The summed E-state index contributed by atoms with van der Waals surface area (Å²) in [4.78, 5) is 26.0. The number of nitrogens with one attached hydrogen (secondary N) is 2. The first-order valence-corrected chi connectivity index (χ1v) is 8.20. The van der Waals surface area contributed by atoms with Gasteiger partial charge in [0.25, 0.3) is 0 Å². The predicted octanol–water partition coefficient (Wildman–Crippen LogP) is 3.28. The van der Waals surface area contributed by atoms with Crippen LogP contribution in [-0.4, -0.2) is 31.6 Å². The van der Waals surface area contributed by atoms with Gasteiger partial charge in [-0.05, 0) is 42.5 Å². The molecule has 6 nitrogen and oxygen atoms in total. The normalized spacial score (nSPS) is 16.6. The van der Waals surface area contributed by atoms with E-state index in [0.29, 0.717) is 17.3 Å². The molecule has 1 fully saturated rings. The van der Waals surface area contributed by atoms with Crippen molar-refractivity contribution >= 4 is 34.9 Å². The second-order valence-electron chi connectivity index (χ2n) is 5.71. The smallest absolute Gasteiger partial charge is 0.319 e. The van der Waals surface area contributed by atoms with Crippen molar-refractivity contribution in [3.05, 3.63) is 53.6 Å². The summed E-state index contributed by atoms with van der Waals surface area (Å²) in [6.07, 6.45) is 0.259. The number of benzene rings is 2. The Kier molecular flexibility index (Phi) is 5.09. The number of anilines is 2. The fourth-order valence-electron chi connectivity index (χ4n) is 2.73. The number of carbonyl (C=O) groups is 2. The van der Waals surface area contributed by atoms with Gasteiger partial charge < -0.3 is 20.3 Å². The van der Waals surface area contributed by atoms with Crippen molar-refractivity contribution in [3.8, 4) is 5.75 Å². The minimum Gasteiger partial charge on any atom is -0.497 e. The third-order valence-electron chi connectivity index (χ3n) is 3.93. The average molecular weight is 360 g/mol. The van der Waals surface area contributed by atoms with Crippen molar-refractivity contribution in [2.45, 2.75) is 12.5 Å². The van der Waals surface area contributed by atoms with Crippen LogP contribution < -0.4 is 20.3 Å². The number of ether oxygens (including phenoxy) is 1. The van der Waals surface area contributed by atoms with Crippen LogP contribution >= 0.6 is 11.6 Å². The van der Waals surface area contributed by atoms with Gasteiger partial charge in [0, 0.05) is 29.4 Å². The van der Waals surface area contributed by atoms with Gasteiger partial charge in [0.05, 0.1) is 13.2 Å². The van der Waals surface area contributed by atoms with E-state index in [1.165, 1.54) is 0 Å². The molecule has 2 N–H and O–H groups in total. The molecule has 1 aliphatic heterocycles. The van der Waals surface area contributed by atoms with E-state index < -0.39 is 0 Å². The standard InChI is InChI=1S/C18H18ClN3O3/c1-25-16-7-5-15(6-8-16)22-11-14(10-17(22)23)21-18(24)20-13-4-2-3-12(19)9-13/h2-9,14H,10-11H2,1H3,(H2,20,21,24). The van der Waals surface area contributed by atoms with E-state index in [1.54, 1.807) is 48.4 Å². The largest absolute Gasteiger partial charge is 0.497 e. The Labute approximate surface area is 150 Å². The zero-order valence-electron chi connectivity index (χ0n) is 13.7. The van der Waals surface area contributed by atoms with E-state index in [2.05, 4.69) is 10.6 Å². The van der Waals surface area contributed by atoms with Crippen molar-refractivity contribution in [2.24, 2.45) is 0 Å². The molecule has 2 aromatic rings. The number of rotatable bonds is 4. The van der Waals surface area contributed by atoms with Crippen LogP contribution in [0.3, 0.4) is 0 Å². The lowest BCUT2D eigenvalue weighted by molar-refractivity contribution is -0.117. The summed E-state index contributed by atoms with van der Waals surface area (Å²) in [6, 6.07) is 13.5. The molecule has 3 rings (SSSR count). The summed E-state index contributed by atoms with van der Waals surface area (Å²) in [5.74, 6) is 0.698. The lowest BCUT2D eigenvalue weighted by atomic mass is 10.2. The number of amides is 3. The Morgan fingerprint density at radius 2 is 2.00 bits per heavy atom. The highest BCUT2D eigenvalue weighted by Gasteiger charge is 2.31. The van der Waals surface area contributed by atoms with Crippen LogP contribution in [0.5, 0.6) is 5.75 Å². The molecular formula is C18H18ClN3O3. The molecule has 25 heavy (non-hydrogen) atoms. The Balaban J connectivity index is 1.59. The topological polar surface area (TPSA) is 70.7 Å². The summed E-state index contributed by atoms with van der Waals surface area (Å²) < 4.78 is 5.12. The number of hydrogen-bond acceptors (Lipinski definition) is 3. The quantitative estimate of drug-likeness (QED) is 0.880. The second kappa shape index (κ2) is 7.44. The van der Waals surface area contributed by atoms with E-state index in [0.717, 1.165) is 11.4 Å². The van der Waals surface area contributed by atoms with E-state index in [4.69, 9.17) is 16.3 Å². The summed E-state index contributed by atoms with van der Waals surface area (Å²) in [5, 5.41) is 6.07. The van der Waals surface area contributed by atoms with Crippen molar-refractivity contribution in [1.29, 1.82) is 0 Å². The van der Waals surface area contributed by atoms with Crippen molar-refractivity contribution < 1.29 is 14.3 Å². The van der Waals surface area contributed by atoms with Gasteiger partial charge in [-0.15, -0.1) is 0 Å². The molecule has 0 spiro atoms. The predicted molar refractivity (Wildman–Crippen MR) is 97.4 cm³/mol. The Hall–Kier alpha value is -2.73. The van der Waals surface area contributed by atoms with Crippen molar-refractivity contribution in [1.82, 2.24) is 5.32 Å². The lowest BCUT2D eigenvalue weighted by Crippen LogP contribution is -2.39. The molecule has 0 bridgehead atoms. The second-order valence-corrected chi connectivity index (χ2v) is 6.15. The highest BCUT2D eigenvalue weighted by molar-refractivity contribution is 6.30. The van der Waals surface area contributed by atoms with E-state index >= 15 is 0 Å². The summed E-state index contributed by atoms with van der Waals surface area (Å²) in [7, 11) is 1.59. The van der Waals surface area contributed by atoms with E-state index in [-0.39, 0.29) is 24.4 Å². The molecule has 130 valence electrons. The molecule has 0 saturated carbocycles. The number of halogens is 1. The van der Waals surface area contributed by atoms with Gasteiger partial charge >= 0.3 is 6.03 Å². The number of nitrogens with zero attached hydrogens (tertiary/aromatic N) is 1. The van der Waals surface area contributed by atoms with Gasteiger partial charge in [0.2, 0.25) is 5.91 Å². The van der Waals surface area contributed by atoms with Gasteiger partial charge in [-0.3, -0.25) is 4.79 Å². The summed E-state index contributed by atoms with van der Waals surface area (Å²) >= 11 is 5.89. The van der Waals surface area contributed by atoms with Crippen LogP contribution in [0.25, 0.3) is 0 Å². The minimum absolute atomic E-state index is 0.0294. The molecule has 2 aromatic carbocycles. The third-order valence-corrected chi connectivity index (χ3v) is 4.16. The summed E-state index contributed by atoms with van der Waals surface area (Å²) in [5.41, 5.74) is 1.38. The molecule has 3 amide bonds. The van der Waals surface area contributed by atoms with Crippen molar-refractivity contribution in [3.63, 3.8) is 0 Å². The fraction of sp³-hybridized carbons (Fsp3) is 0.222. The first-order chi connectivity index (χ1) is 12.0. The van der Waals surface area contributed by atoms with E-state index in [9.17, 15) is 9.59 Å². The maximum Gasteiger partial charge on any atom is 0.319 e. The Morgan fingerprint density at radius 1 is 1.24 bits per heavy atom. The van der Waals surface area contributed by atoms with Crippen LogP contribution in [0.1, 0.15) is 6.42 Å².